The molecule has 1 amide bonds. The molecule has 6 nitrogen and oxygen atoms in total. The van der Waals surface area contributed by atoms with Crippen molar-refractivity contribution in [2.75, 3.05) is 18.0 Å². The number of hydrogen-bond donors (Lipinski definition) is 1. The Morgan fingerprint density at radius 1 is 1.30 bits per heavy atom. The standard InChI is InChI=1S/C16H17N3O3S/c1-2-18-23(21,22)13-7-6-12-8-10-19(15(12)11-13)16(20)14-5-3-4-9-17-14/h3-7,9,11,18H,2,8,10H2,1H3. The maximum atomic E-state index is 12.6. The Bertz CT molecular complexity index is 835. The van der Waals surface area contributed by atoms with E-state index in [2.05, 4.69) is 9.71 Å². The van der Waals surface area contributed by atoms with Crippen LogP contribution in [0.4, 0.5) is 5.69 Å². The average molecular weight is 331 g/mol. The summed E-state index contributed by atoms with van der Waals surface area (Å²) < 4.78 is 26.8. The van der Waals surface area contributed by atoms with Gasteiger partial charge in [-0.05, 0) is 36.2 Å². The van der Waals surface area contributed by atoms with Crippen molar-refractivity contribution in [2.45, 2.75) is 18.2 Å². The largest absolute Gasteiger partial charge is 0.306 e. The first-order chi connectivity index (χ1) is 11.0. The minimum Gasteiger partial charge on any atom is -0.306 e. The Labute approximate surface area is 135 Å². The van der Waals surface area contributed by atoms with E-state index in [1.165, 1.54) is 0 Å². The number of carbonyl (C=O) groups is 1. The van der Waals surface area contributed by atoms with Crippen LogP contribution in [0.1, 0.15) is 23.0 Å². The smallest absolute Gasteiger partial charge is 0.276 e. The van der Waals surface area contributed by atoms with Gasteiger partial charge in [-0.15, -0.1) is 0 Å². The molecule has 0 unspecified atom stereocenters. The fourth-order valence-corrected chi connectivity index (χ4v) is 3.70. The minimum atomic E-state index is -3.55. The van der Waals surface area contributed by atoms with Crippen molar-refractivity contribution in [3.05, 3.63) is 53.9 Å². The zero-order valence-corrected chi connectivity index (χ0v) is 13.5. The molecule has 23 heavy (non-hydrogen) atoms. The van der Waals surface area contributed by atoms with Gasteiger partial charge in [0.25, 0.3) is 5.91 Å². The lowest BCUT2D eigenvalue weighted by Crippen LogP contribution is -2.30. The Balaban J connectivity index is 1.98. The van der Waals surface area contributed by atoms with Gasteiger partial charge in [0.05, 0.1) is 4.90 Å². The van der Waals surface area contributed by atoms with Crippen molar-refractivity contribution in [2.24, 2.45) is 0 Å². The summed E-state index contributed by atoms with van der Waals surface area (Å²) in [6.45, 7) is 2.56. The third-order valence-corrected chi connectivity index (χ3v) is 5.27. The van der Waals surface area contributed by atoms with Crippen LogP contribution in [-0.4, -0.2) is 32.4 Å². The molecule has 0 bridgehead atoms. The van der Waals surface area contributed by atoms with E-state index < -0.39 is 10.0 Å². The van der Waals surface area contributed by atoms with Crippen LogP contribution < -0.4 is 9.62 Å². The third kappa shape index (κ3) is 2.97. The van der Waals surface area contributed by atoms with Gasteiger partial charge in [-0.25, -0.2) is 13.1 Å². The molecular weight excluding hydrogens is 314 g/mol. The Morgan fingerprint density at radius 2 is 2.13 bits per heavy atom. The fraction of sp³-hybridized carbons (Fsp3) is 0.250. The van der Waals surface area contributed by atoms with Crippen LogP contribution in [0.2, 0.25) is 0 Å². The number of hydrogen-bond acceptors (Lipinski definition) is 4. The maximum Gasteiger partial charge on any atom is 0.276 e. The lowest BCUT2D eigenvalue weighted by Gasteiger charge is -2.17. The average Bonchev–Trinajstić information content (AvgIpc) is 2.98. The number of pyridine rings is 1. The summed E-state index contributed by atoms with van der Waals surface area (Å²) in [5.74, 6) is -0.220. The van der Waals surface area contributed by atoms with E-state index in [0.717, 1.165) is 5.56 Å². The SMILES string of the molecule is CCNS(=O)(=O)c1ccc2c(c1)N(C(=O)c1ccccn1)CC2. The number of amides is 1. The van der Waals surface area contributed by atoms with Gasteiger partial charge < -0.3 is 4.90 Å². The number of benzene rings is 1. The van der Waals surface area contributed by atoms with E-state index in [-0.39, 0.29) is 10.8 Å². The highest BCUT2D eigenvalue weighted by atomic mass is 32.2. The number of fused-ring (bicyclic) bond motifs is 1. The van der Waals surface area contributed by atoms with Crippen molar-refractivity contribution in [1.82, 2.24) is 9.71 Å². The van der Waals surface area contributed by atoms with Crippen LogP contribution >= 0.6 is 0 Å². The molecule has 0 spiro atoms. The number of nitrogens with one attached hydrogen (secondary N) is 1. The minimum absolute atomic E-state index is 0.166. The highest BCUT2D eigenvalue weighted by Gasteiger charge is 2.28. The summed E-state index contributed by atoms with van der Waals surface area (Å²) in [5, 5.41) is 0. The molecule has 0 atom stereocenters. The molecule has 0 radical (unpaired) electrons. The molecule has 1 aromatic carbocycles. The van der Waals surface area contributed by atoms with Crippen molar-refractivity contribution in [3.8, 4) is 0 Å². The van der Waals surface area contributed by atoms with Crippen LogP contribution in [-0.2, 0) is 16.4 Å². The van der Waals surface area contributed by atoms with Crippen molar-refractivity contribution >= 4 is 21.6 Å². The van der Waals surface area contributed by atoms with E-state index in [9.17, 15) is 13.2 Å². The molecule has 0 fully saturated rings. The summed E-state index contributed by atoms with van der Waals surface area (Å²) >= 11 is 0. The summed E-state index contributed by atoms with van der Waals surface area (Å²) in [4.78, 5) is 18.4. The Hall–Kier alpha value is -2.25. The monoisotopic (exact) mass is 331 g/mol. The molecule has 0 saturated carbocycles. The van der Waals surface area contributed by atoms with Crippen LogP contribution in [0.5, 0.6) is 0 Å². The quantitative estimate of drug-likeness (QED) is 0.922. The number of rotatable bonds is 4. The van der Waals surface area contributed by atoms with Gasteiger partial charge in [0.15, 0.2) is 0 Å². The van der Waals surface area contributed by atoms with Crippen LogP contribution in [0.3, 0.4) is 0 Å². The van der Waals surface area contributed by atoms with Gasteiger partial charge in [-0.1, -0.05) is 19.1 Å². The number of carbonyl (C=O) groups excluding carboxylic acids is 1. The Morgan fingerprint density at radius 3 is 2.83 bits per heavy atom. The normalized spacial score (nSPS) is 13.9. The Kier molecular flexibility index (Phi) is 4.14. The van der Waals surface area contributed by atoms with Crippen molar-refractivity contribution < 1.29 is 13.2 Å². The lowest BCUT2D eigenvalue weighted by molar-refractivity contribution is 0.0984. The van der Waals surface area contributed by atoms with Crippen molar-refractivity contribution in [1.29, 1.82) is 0 Å². The summed E-state index contributed by atoms with van der Waals surface area (Å²) in [5.41, 5.74) is 1.95. The number of aromatic nitrogens is 1. The second-order valence-electron chi connectivity index (χ2n) is 5.21. The van der Waals surface area contributed by atoms with Gasteiger partial charge in [-0.3, -0.25) is 9.78 Å². The molecule has 0 saturated heterocycles. The summed E-state index contributed by atoms with van der Waals surface area (Å²) in [6, 6.07) is 10.1. The lowest BCUT2D eigenvalue weighted by atomic mass is 10.2. The highest BCUT2D eigenvalue weighted by Crippen LogP contribution is 2.31. The molecule has 2 aromatic rings. The highest BCUT2D eigenvalue weighted by molar-refractivity contribution is 7.89. The van der Waals surface area contributed by atoms with Crippen molar-refractivity contribution in [3.63, 3.8) is 0 Å². The predicted molar refractivity (Wildman–Crippen MR) is 86.9 cm³/mol. The maximum absolute atomic E-state index is 12.6. The molecule has 7 heteroatoms. The fourth-order valence-electron chi connectivity index (χ4n) is 2.64. The second-order valence-corrected chi connectivity index (χ2v) is 6.98. The summed E-state index contributed by atoms with van der Waals surface area (Å²) in [6.07, 6.45) is 2.27. The first kappa shape index (κ1) is 15.6. The first-order valence-corrected chi connectivity index (χ1v) is 8.87. The molecule has 1 aromatic heterocycles. The van der Waals surface area contributed by atoms with Crippen LogP contribution in [0.15, 0.2) is 47.5 Å². The van der Waals surface area contributed by atoms with E-state index in [1.54, 1.807) is 54.4 Å². The molecule has 0 aliphatic carbocycles. The number of sulfonamides is 1. The molecule has 120 valence electrons. The first-order valence-electron chi connectivity index (χ1n) is 7.38. The van der Waals surface area contributed by atoms with Gasteiger partial charge in [-0.2, -0.15) is 0 Å². The number of anilines is 1. The van der Waals surface area contributed by atoms with Crippen LogP contribution in [0.25, 0.3) is 0 Å². The molecule has 3 rings (SSSR count). The van der Waals surface area contributed by atoms with E-state index in [4.69, 9.17) is 0 Å². The zero-order chi connectivity index (χ0) is 16.4. The zero-order valence-electron chi connectivity index (χ0n) is 12.7. The third-order valence-electron chi connectivity index (χ3n) is 3.73. The van der Waals surface area contributed by atoms with Gasteiger partial charge in [0, 0.05) is 25.0 Å². The number of nitrogens with zero attached hydrogens (tertiary/aromatic N) is 2. The summed E-state index contributed by atoms with van der Waals surface area (Å²) in [7, 11) is -3.55. The molecular formula is C16H17N3O3S. The van der Waals surface area contributed by atoms with E-state index in [0.29, 0.717) is 30.9 Å². The molecule has 1 aliphatic rings. The van der Waals surface area contributed by atoms with Crippen LogP contribution in [0, 0.1) is 0 Å². The van der Waals surface area contributed by atoms with E-state index >= 15 is 0 Å². The molecule has 2 heterocycles. The molecule has 1 N–H and O–H groups in total. The van der Waals surface area contributed by atoms with Gasteiger partial charge in [0.1, 0.15) is 5.69 Å². The van der Waals surface area contributed by atoms with Gasteiger partial charge >= 0.3 is 0 Å². The second kappa shape index (κ2) is 6.10. The predicted octanol–water partition coefficient (Wildman–Crippen LogP) is 1.58. The topological polar surface area (TPSA) is 79.4 Å². The molecule has 1 aliphatic heterocycles. The van der Waals surface area contributed by atoms with E-state index in [1.807, 2.05) is 0 Å². The van der Waals surface area contributed by atoms with Gasteiger partial charge in [0.2, 0.25) is 10.0 Å².